The van der Waals surface area contributed by atoms with E-state index < -0.39 is 0 Å². The number of aromatic nitrogens is 3. The van der Waals surface area contributed by atoms with E-state index in [1.807, 2.05) is 35.4 Å². The smallest absolute Gasteiger partial charge is 0.134 e. The maximum Gasteiger partial charge on any atom is 0.134 e. The van der Waals surface area contributed by atoms with Crippen molar-refractivity contribution in [3.63, 3.8) is 0 Å². The van der Waals surface area contributed by atoms with Gasteiger partial charge in [-0.1, -0.05) is 24.8 Å². The minimum Gasteiger partial charge on any atom is -0.260 e. The molecule has 5 rings (SSSR count). The average Bonchev–Trinajstić information content (AvgIpc) is 3.41. The SMILES string of the molecule is CC1CCc2c(sc3nc(C4CC4)nc(SCc4ccccn4)c23)C1. The molecule has 0 saturated heterocycles. The van der Waals surface area contributed by atoms with Gasteiger partial charge in [-0.2, -0.15) is 0 Å². The number of aryl methyl sites for hydroxylation is 1. The first-order valence-electron chi connectivity index (χ1n) is 9.13. The molecule has 0 radical (unpaired) electrons. The highest BCUT2D eigenvalue weighted by molar-refractivity contribution is 7.98. The molecule has 0 amide bonds. The van der Waals surface area contributed by atoms with Gasteiger partial charge in [0.15, 0.2) is 0 Å². The fraction of sp³-hybridized carbons (Fsp3) is 0.450. The van der Waals surface area contributed by atoms with Crippen molar-refractivity contribution in [1.29, 1.82) is 0 Å². The molecule has 2 aliphatic rings. The van der Waals surface area contributed by atoms with E-state index in [0.29, 0.717) is 5.92 Å². The summed E-state index contributed by atoms with van der Waals surface area (Å²) < 4.78 is 0. The van der Waals surface area contributed by atoms with Crippen LogP contribution in [0.15, 0.2) is 29.4 Å². The predicted octanol–water partition coefficient (Wildman–Crippen LogP) is 5.38. The van der Waals surface area contributed by atoms with Crippen molar-refractivity contribution in [1.82, 2.24) is 15.0 Å². The van der Waals surface area contributed by atoms with E-state index in [2.05, 4.69) is 24.0 Å². The van der Waals surface area contributed by atoms with Crippen LogP contribution in [0, 0.1) is 5.92 Å². The van der Waals surface area contributed by atoms with Crippen LogP contribution in [0.5, 0.6) is 0 Å². The summed E-state index contributed by atoms with van der Waals surface area (Å²) in [6.07, 6.45) is 8.04. The number of pyridine rings is 1. The highest BCUT2D eigenvalue weighted by Gasteiger charge is 2.30. The number of thiophene rings is 1. The molecule has 1 fully saturated rings. The molecule has 0 aliphatic heterocycles. The molecular weight excluding hydrogens is 346 g/mol. The minimum atomic E-state index is 0.594. The summed E-state index contributed by atoms with van der Waals surface area (Å²) >= 11 is 3.75. The van der Waals surface area contributed by atoms with Crippen molar-refractivity contribution >= 4 is 33.3 Å². The maximum atomic E-state index is 5.01. The Morgan fingerprint density at radius 3 is 2.92 bits per heavy atom. The molecular formula is C20H21N3S2. The quantitative estimate of drug-likeness (QED) is 0.458. The molecule has 0 bridgehead atoms. The first kappa shape index (κ1) is 15.8. The minimum absolute atomic E-state index is 0.594. The lowest BCUT2D eigenvalue weighted by Crippen LogP contribution is -2.08. The van der Waals surface area contributed by atoms with Crippen LogP contribution < -0.4 is 0 Å². The second-order valence-electron chi connectivity index (χ2n) is 7.30. The summed E-state index contributed by atoms with van der Waals surface area (Å²) in [5, 5.41) is 2.53. The number of rotatable bonds is 4. The lowest BCUT2D eigenvalue weighted by atomic mass is 9.89. The van der Waals surface area contributed by atoms with Crippen LogP contribution in [0.4, 0.5) is 0 Å². The fourth-order valence-electron chi connectivity index (χ4n) is 3.58. The number of nitrogens with zero attached hydrogens (tertiary/aromatic N) is 3. The van der Waals surface area contributed by atoms with Gasteiger partial charge in [-0.25, -0.2) is 9.97 Å². The van der Waals surface area contributed by atoms with E-state index in [9.17, 15) is 0 Å². The lowest BCUT2D eigenvalue weighted by Gasteiger charge is -2.18. The summed E-state index contributed by atoms with van der Waals surface area (Å²) in [7, 11) is 0. The topological polar surface area (TPSA) is 38.7 Å². The molecule has 3 heterocycles. The van der Waals surface area contributed by atoms with Gasteiger partial charge in [0.25, 0.3) is 0 Å². The Kier molecular flexibility index (Phi) is 4.01. The molecule has 3 aromatic rings. The summed E-state index contributed by atoms with van der Waals surface area (Å²) in [6, 6.07) is 6.12. The monoisotopic (exact) mass is 367 g/mol. The Morgan fingerprint density at radius 1 is 1.20 bits per heavy atom. The zero-order valence-electron chi connectivity index (χ0n) is 14.4. The Labute approximate surface area is 156 Å². The molecule has 0 spiro atoms. The van der Waals surface area contributed by atoms with Crippen molar-refractivity contribution < 1.29 is 0 Å². The Bertz CT molecular complexity index is 916. The first-order chi connectivity index (χ1) is 12.3. The number of thioether (sulfide) groups is 1. The van der Waals surface area contributed by atoms with Gasteiger partial charge in [-0.15, -0.1) is 11.3 Å². The number of hydrogen-bond acceptors (Lipinski definition) is 5. The molecule has 1 unspecified atom stereocenters. The third kappa shape index (κ3) is 3.08. The van der Waals surface area contributed by atoms with E-state index in [1.54, 1.807) is 4.88 Å². The Morgan fingerprint density at radius 2 is 2.12 bits per heavy atom. The van der Waals surface area contributed by atoms with Gasteiger partial charge >= 0.3 is 0 Å². The van der Waals surface area contributed by atoms with Crippen LogP contribution in [-0.4, -0.2) is 15.0 Å². The van der Waals surface area contributed by atoms with Crippen molar-refractivity contribution in [2.75, 3.05) is 0 Å². The van der Waals surface area contributed by atoms with Crippen molar-refractivity contribution in [2.24, 2.45) is 5.92 Å². The molecule has 3 aromatic heterocycles. The Hall–Kier alpha value is -1.46. The first-order valence-corrected chi connectivity index (χ1v) is 10.9. The molecule has 2 aliphatic carbocycles. The molecule has 1 atom stereocenters. The molecule has 3 nitrogen and oxygen atoms in total. The second kappa shape index (κ2) is 6.36. The fourth-order valence-corrected chi connectivity index (χ4v) is 6.01. The molecule has 0 aromatic carbocycles. The highest BCUT2D eigenvalue weighted by Crippen LogP contribution is 2.44. The summed E-state index contributed by atoms with van der Waals surface area (Å²) in [4.78, 5) is 17.2. The van der Waals surface area contributed by atoms with Crippen LogP contribution in [0.3, 0.4) is 0 Å². The van der Waals surface area contributed by atoms with Gasteiger partial charge in [0, 0.05) is 28.1 Å². The van der Waals surface area contributed by atoms with Gasteiger partial charge in [0.05, 0.1) is 5.69 Å². The molecule has 1 saturated carbocycles. The van der Waals surface area contributed by atoms with Gasteiger partial charge in [0.1, 0.15) is 15.7 Å². The van der Waals surface area contributed by atoms with E-state index in [1.165, 1.54) is 52.9 Å². The Balaban J connectivity index is 1.57. The van der Waals surface area contributed by atoms with E-state index in [4.69, 9.17) is 9.97 Å². The van der Waals surface area contributed by atoms with Gasteiger partial charge < -0.3 is 0 Å². The van der Waals surface area contributed by atoms with Gasteiger partial charge in [0.2, 0.25) is 0 Å². The zero-order chi connectivity index (χ0) is 16.8. The van der Waals surface area contributed by atoms with E-state index >= 15 is 0 Å². The third-order valence-corrected chi connectivity index (χ3v) is 7.32. The highest BCUT2D eigenvalue weighted by atomic mass is 32.2. The number of hydrogen-bond donors (Lipinski definition) is 0. The number of fused-ring (bicyclic) bond motifs is 3. The van der Waals surface area contributed by atoms with Crippen LogP contribution in [0.25, 0.3) is 10.2 Å². The van der Waals surface area contributed by atoms with Crippen molar-refractivity contribution in [3.8, 4) is 0 Å². The average molecular weight is 368 g/mol. The summed E-state index contributed by atoms with van der Waals surface area (Å²) in [5.41, 5.74) is 2.65. The van der Waals surface area contributed by atoms with Crippen LogP contribution >= 0.6 is 23.1 Å². The normalized spacial score (nSPS) is 20.0. The zero-order valence-corrected chi connectivity index (χ0v) is 16.0. The second-order valence-corrected chi connectivity index (χ2v) is 9.35. The van der Waals surface area contributed by atoms with Gasteiger partial charge in [-0.3, -0.25) is 4.98 Å². The summed E-state index contributed by atoms with van der Waals surface area (Å²) in [5.74, 6) is 3.33. The van der Waals surface area contributed by atoms with Crippen LogP contribution in [0.1, 0.15) is 54.1 Å². The van der Waals surface area contributed by atoms with E-state index in [-0.39, 0.29) is 0 Å². The van der Waals surface area contributed by atoms with Crippen LogP contribution in [0.2, 0.25) is 0 Å². The molecule has 25 heavy (non-hydrogen) atoms. The molecule has 5 heteroatoms. The standard InChI is InChI=1S/C20H21N3S2/c1-12-5-8-15-16(10-12)25-20-17(15)19(22-18(23-20)13-6-7-13)24-11-14-4-2-3-9-21-14/h2-4,9,12-13H,5-8,10-11H2,1H3. The van der Waals surface area contributed by atoms with E-state index in [0.717, 1.165) is 23.2 Å². The van der Waals surface area contributed by atoms with Crippen LogP contribution in [-0.2, 0) is 18.6 Å². The summed E-state index contributed by atoms with van der Waals surface area (Å²) in [6.45, 7) is 2.37. The largest absolute Gasteiger partial charge is 0.260 e. The maximum absolute atomic E-state index is 5.01. The lowest BCUT2D eigenvalue weighted by molar-refractivity contribution is 0.509. The molecule has 0 N–H and O–H groups in total. The van der Waals surface area contributed by atoms with Crippen molar-refractivity contribution in [2.45, 2.75) is 55.7 Å². The molecule has 128 valence electrons. The van der Waals surface area contributed by atoms with Crippen molar-refractivity contribution in [3.05, 3.63) is 46.4 Å². The third-order valence-electron chi connectivity index (χ3n) is 5.16. The van der Waals surface area contributed by atoms with Gasteiger partial charge in [-0.05, 0) is 55.7 Å². The predicted molar refractivity (Wildman–Crippen MR) is 104 cm³/mol.